The van der Waals surface area contributed by atoms with Crippen LogP contribution in [0, 0.1) is 0 Å². The van der Waals surface area contributed by atoms with Gasteiger partial charge in [-0.3, -0.25) is 4.79 Å². The van der Waals surface area contributed by atoms with Crippen molar-refractivity contribution in [2.24, 2.45) is 12.0 Å². The van der Waals surface area contributed by atoms with Gasteiger partial charge in [-0.25, -0.2) is 13.2 Å². The van der Waals surface area contributed by atoms with Crippen LogP contribution in [0.3, 0.4) is 0 Å². The maximum absolute atomic E-state index is 12.9. The molecule has 3 aromatic rings. The quantitative estimate of drug-likeness (QED) is 0.393. The summed E-state index contributed by atoms with van der Waals surface area (Å²) in [6.45, 7) is 2.85. The SMILES string of the molecule is C/C=C/OC(=O)/N=c1\sc(C2CCN(C(=O)CCS(=O)(=O)c3ccc4cc(Cl)ccc4c3)CC2)cn1C. The lowest BCUT2D eigenvalue weighted by atomic mass is 9.95. The molecule has 0 radical (unpaired) electrons. The van der Waals surface area contributed by atoms with E-state index in [1.807, 2.05) is 13.2 Å². The van der Waals surface area contributed by atoms with Gasteiger partial charge < -0.3 is 14.2 Å². The van der Waals surface area contributed by atoms with Crippen molar-refractivity contribution in [1.82, 2.24) is 9.47 Å². The third-order valence-corrected chi connectivity index (χ3v) is 9.48. The summed E-state index contributed by atoms with van der Waals surface area (Å²) in [6.07, 6.45) is 5.64. The van der Waals surface area contributed by atoms with Crippen molar-refractivity contribution in [2.75, 3.05) is 18.8 Å². The summed E-state index contributed by atoms with van der Waals surface area (Å²) in [7, 11) is -1.78. The molecule has 1 aliphatic heterocycles. The topological polar surface area (TPSA) is 98.0 Å². The molecule has 11 heteroatoms. The fraction of sp³-hybridized carbons (Fsp3) is 0.346. The Kier molecular flexibility index (Phi) is 8.51. The van der Waals surface area contributed by atoms with E-state index in [9.17, 15) is 18.0 Å². The van der Waals surface area contributed by atoms with Crippen LogP contribution in [0.5, 0.6) is 0 Å². The Hall–Kier alpha value is -2.95. The van der Waals surface area contributed by atoms with E-state index < -0.39 is 15.9 Å². The van der Waals surface area contributed by atoms with Crippen LogP contribution < -0.4 is 4.80 Å². The summed E-state index contributed by atoms with van der Waals surface area (Å²) in [5.74, 6) is -0.154. The highest BCUT2D eigenvalue weighted by atomic mass is 35.5. The van der Waals surface area contributed by atoms with E-state index in [0.717, 1.165) is 28.5 Å². The molecular formula is C26H28ClN3O5S2. The molecule has 1 aromatic heterocycles. The van der Waals surface area contributed by atoms with Crippen LogP contribution in [0.1, 0.15) is 37.0 Å². The number of amides is 2. The van der Waals surface area contributed by atoms with Gasteiger partial charge in [-0.15, -0.1) is 16.3 Å². The minimum absolute atomic E-state index is 0.0586. The maximum Gasteiger partial charge on any atom is 0.441 e. The number of rotatable bonds is 6. The van der Waals surface area contributed by atoms with E-state index >= 15 is 0 Å². The lowest BCUT2D eigenvalue weighted by Crippen LogP contribution is -2.38. The van der Waals surface area contributed by atoms with E-state index in [2.05, 4.69) is 4.99 Å². The van der Waals surface area contributed by atoms with Crippen molar-refractivity contribution in [2.45, 2.75) is 37.0 Å². The van der Waals surface area contributed by atoms with Crippen molar-refractivity contribution in [3.05, 3.63) is 69.6 Å². The second kappa shape index (κ2) is 11.6. The number of sulfone groups is 1. The molecule has 2 amide bonds. The molecule has 0 aliphatic carbocycles. The molecule has 0 spiro atoms. The lowest BCUT2D eigenvalue weighted by Gasteiger charge is -2.31. The summed E-state index contributed by atoms with van der Waals surface area (Å²) in [5, 5.41) is 2.23. The molecule has 2 heterocycles. The average molecular weight is 562 g/mol. The molecule has 0 unspecified atom stereocenters. The molecule has 0 N–H and O–H groups in total. The third kappa shape index (κ3) is 6.68. The van der Waals surface area contributed by atoms with Gasteiger partial charge in [-0.2, -0.15) is 0 Å². The Labute approximate surface area is 224 Å². The van der Waals surface area contributed by atoms with Gasteiger partial charge in [0.15, 0.2) is 14.6 Å². The second-order valence-corrected chi connectivity index (χ2v) is 12.5. The number of hydrogen-bond donors (Lipinski definition) is 0. The molecule has 196 valence electrons. The van der Waals surface area contributed by atoms with E-state index in [-0.39, 0.29) is 28.9 Å². The number of carbonyl (C=O) groups excluding carboxylic acids is 2. The standard InChI is InChI=1S/C26H28ClN3O5S2/c1-3-13-35-26(32)28-25-29(2)17-23(36-25)18-8-11-30(12-9-18)24(31)10-14-37(33,34)22-7-5-19-15-21(27)6-4-20(19)16-22/h3-7,13,15-18H,8-12,14H2,1-2H3/b13-3+,28-25-. The molecule has 1 aliphatic rings. The number of fused-ring (bicyclic) bond motifs is 1. The number of halogens is 1. The molecule has 1 saturated heterocycles. The van der Waals surface area contributed by atoms with Gasteiger partial charge >= 0.3 is 6.09 Å². The van der Waals surface area contributed by atoms with Gasteiger partial charge in [-0.05, 0) is 60.7 Å². The molecular weight excluding hydrogens is 534 g/mol. The zero-order valence-electron chi connectivity index (χ0n) is 20.6. The Morgan fingerprint density at radius 3 is 2.59 bits per heavy atom. The van der Waals surface area contributed by atoms with Crippen LogP contribution in [0.25, 0.3) is 10.8 Å². The Bertz CT molecular complexity index is 1520. The molecule has 8 nitrogen and oxygen atoms in total. The smallest absolute Gasteiger partial charge is 0.417 e. The number of thiazole rings is 1. The molecule has 2 aromatic carbocycles. The molecule has 4 rings (SSSR count). The van der Waals surface area contributed by atoms with Crippen LogP contribution in [-0.4, -0.2) is 48.7 Å². The molecule has 0 saturated carbocycles. The van der Waals surface area contributed by atoms with Crippen LogP contribution in [0.4, 0.5) is 4.79 Å². The van der Waals surface area contributed by atoms with Crippen LogP contribution >= 0.6 is 22.9 Å². The number of aromatic nitrogens is 1. The zero-order chi connectivity index (χ0) is 26.6. The predicted octanol–water partition coefficient (Wildman–Crippen LogP) is 5.03. The largest absolute Gasteiger partial charge is 0.441 e. The highest BCUT2D eigenvalue weighted by molar-refractivity contribution is 7.91. The fourth-order valence-corrected chi connectivity index (χ4v) is 6.85. The molecule has 0 atom stereocenters. The number of carbonyl (C=O) groups is 2. The Balaban J connectivity index is 1.33. The number of hydrogen-bond acceptors (Lipinski definition) is 6. The second-order valence-electron chi connectivity index (χ2n) is 8.87. The van der Waals surface area contributed by atoms with Crippen molar-refractivity contribution < 1.29 is 22.7 Å². The number of likely N-dealkylation sites (tertiary alicyclic amines) is 1. The monoisotopic (exact) mass is 561 g/mol. The first-order valence-electron chi connectivity index (χ1n) is 11.9. The van der Waals surface area contributed by atoms with Crippen LogP contribution in [0.15, 0.2) is 64.8 Å². The summed E-state index contributed by atoms with van der Waals surface area (Å²) in [4.78, 5) is 32.2. The number of benzene rings is 2. The average Bonchev–Trinajstić information content (AvgIpc) is 3.25. The zero-order valence-corrected chi connectivity index (χ0v) is 23.0. The summed E-state index contributed by atoms with van der Waals surface area (Å²) >= 11 is 7.44. The first-order chi connectivity index (χ1) is 17.7. The predicted molar refractivity (Wildman–Crippen MR) is 144 cm³/mol. The van der Waals surface area contributed by atoms with Crippen LogP contribution in [-0.2, 0) is 26.4 Å². The minimum Gasteiger partial charge on any atom is -0.417 e. The summed E-state index contributed by atoms with van der Waals surface area (Å²) in [5.41, 5.74) is 0. The van der Waals surface area contributed by atoms with E-state index in [0.29, 0.717) is 22.9 Å². The highest BCUT2D eigenvalue weighted by Crippen LogP contribution is 2.30. The van der Waals surface area contributed by atoms with Gasteiger partial charge in [-0.1, -0.05) is 29.8 Å². The summed E-state index contributed by atoms with van der Waals surface area (Å²) < 4.78 is 32.4. The van der Waals surface area contributed by atoms with Crippen molar-refractivity contribution in [3.63, 3.8) is 0 Å². The first-order valence-corrected chi connectivity index (χ1v) is 14.7. The molecule has 37 heavy (non-hydrogen) atoms. The number of nitrogens with zero attached hydrogens (tertiary/aromatic N) is 3. The van der Waals surface area contributed by atoms with Crippen molar-refractivity contribution >= 4 is 55.5 Å². The molecule has 1 fully saturated rings. The van der Waals surface area contributed by atoms with E-state index in [4.69, 9.17) is 16.3 Å². The minimum atomic E-state index is -3.60. The highest BCUT2D eigenvalue weighted by Gasteiger charge is 2.26. The number of ether oxygens (including phenoxy) is 1. The molecule has 0 bridgehead atoms. The Morgan fingerprint density at radius 2 is 1.86 bits per heavy atom. The van der Waals surface area contributed by atoms with Crippen molar-refractivity contribution in [3.8, 4) is 0 Å². The number of piperidine rings is 1. The van der Waals surface area contributed by atoms with E-state index in [1.54, 1.807) is 58.9 Å². The van der Waals surface area contributed by atoms with Crippen LogP contribution in [0.2, 0.25) is 5.02 Å². The van der Waals surface area contributed by atoms with Gasteiger partial charge in [0, 0.05) is 42.7 Å². The number of aryl methyl sites for hydroxylation is 1. The van der Waals surface area contributed by atoms with Crippen molar-refractivity contribution in [1.29, 1.82) is 0 Å². The van der Waals surface area contributed by atoms with Gasteiger partial charge in [0.05, 0.1) is 16.9 Å². The van der Waals surface area contributed by atoms with Gasteiger partial charge in [0.2, 0.25) is 5.91 Å². The normalized spacial score (nSPS) is 15.5. The first kappa shape index (κ1) is 27.1. The van der Waals surface area contributed by atoms with E-state index in [1.165, 1.54) is 17.6 Å². The lowest BCUT2D eigenvalue weighted by molar-refractivity contribution is -0.131. The number of allylic oxidation sites excluding steroid dienone is 1. The van der Waals surface area contributed by atoms with Gasteiger partial charge in [0.1, 0.15) is 0 Å². The Morgan fingerprint density at radius 1 is 1.16 bits per heavy atom. The fourth-order valence-electron chi connectivity index (χ4n) is 4.27. The van der Waals surface area contributed by atoms with Gasteiger partial charge in [0.25, 0.3) is 0 Å². The summed E-state index contributed by atoms with van der Waals surface area (Å²) in [6, 6.07) is 10.2. The third-order valence-electron chi connectivity index (χ3n) is 6.29. The maximum atomic E-state index is 12.9.